The lowest BCUT2D eigenvalue weighted by molar-refractivity contribution is -0.115. The summed E-state index contributed by atoms with van der Waals surface area (Å²) in [6.07, 6.45) is 8.02. The number of sulfonamides is 1. The van der Waals surface area contributed by atoms with E-state index in [1.54, 1.807) is 19.2 Å². The van der Waals surface area contributed by atoms with Crippen molar-refractivity contribution in [2.24, 2.45) is 5.92 Å². The van der Waals surface area contributed by atoms with E-state index < -0.39 is 10.0 Å². The number of allylic oxidation sites excluding steroid dienone is 1. The van der Waals surface area contributed by atoms with Gasteiger partial charge in [-0.2, -0.15) is 0 Å². The molecule has 1 fully saturated rings. The van der Waals surface area contributed by atoms with Crippen LogP contribution in [0.2, 0.25) is 0 Å². The maximum atomic E-state index is 13.7. The van der Waals surface area contributed by atoms with Gasteiger partial charge in [0.05, 0.1) is 17.5 Å². The Morgan fingerprint density at radius 3 is 2.25 bits per heavy atom. The molecule has 1 amide bonds. The molecule has 0 aliphatic heterocycles. The van der Waals surface area contributed by atoms with Crippen molar-refractivity contribution in [1.82, 2.24) is 5.32 Å². The Bertz CT molecular complexity index is 1480. The third kappa shape index (κ3) is 6.81. The second kappa shape index (κ2) is 12.8. The first-order chi connectivity index (χ1) is 19.1. The SMILES string of the molecule is CNC(=O)/C(=C(/C)c1ccc(F)cc1)c1cc(-c2ccccc2)c(N(CCC2CCCCC2)S(C)(=O)=O)cc1C. The summed E-state index contributed by atoms with van der Waals surface area (Å²) in [5.74, 6) is -0.0901. The molecule has 1 N–H and O–H groups in total. The molecule has 0 bridgehead atoms. The number of carbonyl (C=O) groups excluding carboxylic acids is 1. The van der Waals surface area contributed by atoms with Gasteiger partial charge in [0.15, 0.2) is 0 Å². The van der Waals surface area contributed by atoms with Crippen LogP contribution in [0.3, 0.4) is 0 Å². The lowest BCUT2D eigenvalue weighted by atomic mass is 9.87. The second-order valence-corrected chi connectivity index (χ2v) is 12.7. The first-order valence-electron chi connectivity index (χ1n) is 14.0. The van der Waals surface area contributed by atoms with Crippen LogP contribution in [-0.4, -0.2) is 34.2 Å². The fourth-order valence-corrected chi connectivity index (χ4v) is 6.67. The quantitative estimate of drug-likeness (QED) is 0.221. The monoisotopic (exact) mass is 562 g/mol. The maximum absolute atomic E-state index is 13.7. The predicted molar refractivity (Wildman–Crippen MR) is 163 cm³/mol. The molecule has 1 aliphatic rings. The van der Waals surface area contributed by atoms with Gasteiger partial charge in [-0.3, -0.25) is 9.10 Å². The van der Waals surface area contributed by atoms with Gasteiger partial charge in [-0.25, -0.2) is 12.8 Å². The summed E-state index contributed by atoms with van der Waals surface area (Å²) in [7, 11) is -1.99. The standard InChI is InChI=1S/C33H39FN2O3S/c1-23-21-31(36(40(4,38)39)20-19-25-11-7-5-8-12-25)30(27-13-9-6-10-14-27)22-29(23)32(33(37)35-3)24(2)26-15-17-28(34)18-16-26/h6,9-10,13-18,21-22,25H,5,7-8,11-12,19-20H2,1-4H3,(H,35,37)/b32-24-. The molecule has 0 unspecified atom stereocenters. The number of nitrogens with zero attached hydrogens (tertiary/aromatic N) is 1. The first kappa shape index (κ1) is 29.5. The lowest BCUT2D eigenvalue weighted by Crippen LogP contribution is -2.33. The molecule has 1 saturated carbocycles. The van der Waals surface area contributed by atoms with Gasteiger partial charge in [-0.05, 0) is 78.3 Å². The summed E-state index contributed by atoms with van der Waals surface area (Å²) in [5, 5.41) is 2.75. The van der Waals surface area contributed by atoms with Crippen molar-refractivity contribution in [1.29, 1.82) is 0 Å². The van der Waals surface area contributed by atoms with Gasteiger partial charge in [0.2, 0.25) is 10.0 Å². The minimum Gasteiger partial charge on any atom is -0.355 e. The fraction of sp³-hybridized carbons (Fsp3) is 0.364. The molecule has 0 atom stereocenters. The van der Waals surface area contributed by atoms with Crippen LogP contribution in [-0.2, 0) is 14.8 Å². The number of benzene rings is 3. The molecule has 3 aromatic rings. The zero-order chi connectivity index (χ0) is 28.9. The molecule has 0 aromatic heterocycles. The highest BCUT2D eigenvalue weighted by Crippen LogP contribution is 2.39. The summed E-state index contributed by atoms with van der Waals surface area (Å²) in [5.41, 5.74) is 5.58. The van der Waals surface area contributed by atoms with E-state index in [-0.39, 0.29) is 11.7 Å². The lowest BCUT2D eigenvalue weighted by Gasteiger charge is -2.29. The third-order valence-corrected chi connectivity index (χ3v) is 9.12. The van der Waals surface area contributed by atoms with Crippen molar-refractivity contribution in [3.05, 3.63) is 89.2 Å². The van der Waals surface area contributed by atoms with Gasteiger partial charge >= 0.3 is 0 Å². The number of aryl methyl sites for hydroxylation is 1. The molecule has 0 saturated heterocycles. The average Bonchev–Trinajstić information content (AvgIpc) is 2.94. The van der Waals surface area contributed by atoms with Crippen LogP contribution < -0.4 is 9.62 Å². The van der Waals surface area contributed by atoms with E-state index in [9.17, 15) is 17.6 Å². The summed E-state index contributed by atoms with van der Waals surface area (Å²) >= 11 is 0. The number of likely N-dealkylation sites (N-methyl/N-ethyl adjacent to an activating group) is 1. The molecule has 4 rings (SSSR count). The molecule has 0 heterocycles. The Labute approximate surface area is 238 Å². The van der Waals surface area contributed by atoms with Crippen molar-refractivity contribution < 1.29 is 17.6 Å². The largest absolute Gasteiger partial charge is 0.355 e. The molecule has 3 aromatic carbocycles. The van der Waals surface area contributed by atoms with E-state index in [0.29, 0.717) is 34.9 Å². The van der Waals surface area contributed by atoms with Crippen LogP contribution in [0.5, 0.6) is 0 Å². The molecule has 40 heavy (non-hydrogen) atoms. The molecule has 7 heteroatoms. The number of hydrogen-bond acceptors (Lipinski definition) is 3. The van der Waals surface area contributed by atoms with Crippen molar-refractivity contribution in [3.63, 3.8) is 0 Å². The highest BCUT2D eigenvalue weighted by Gasteiger charge is 2.26. The molecule has 0 spiro atoms. The minimum absolute atomic E-state index is 0.269. The molecule has 1 aliphatic carbocycles. The second-order valence-electron chi connectivity index (χ2n) is 10.8. The Kier molecular flexibility index (Phi) is 9.46. The van der Waals surface area contributed by atoms with Gasteiger partial charge < -0.3 is 5.32 Å². The Balaban J connectivity index is 1.90. The van der Waals surface area contributed by atoms with Crippen molar-refractivity contribution in [2.75, 3.05) is 24.2 Å². The van der Waals surface area contributed by atoms with E-state index >= 15 is 0 Å². The number of carbonyl (C=O) groups is 1. The fourth-order valence-electron chi connectivity index (χ4n) is 5.72. The number of halogens is 1. The van der Waals surface area contributed by atoms with E-state index in [2.05, 4.69) is 5.32 Å². The van der Waals surface area contributed by atoms with Crippen LogP contribution in [0.25, 0.3) is 22.3 Å². The van der Waals surface area contributed by atoms with Crippen LogP contribution >= 0.6 is 0 Å². The topological polar surface area (TPSA) is 66.5 Å². The van der Waals surface area contributed by atoms with Crippen LogP contribution in [0.1, 0.15) is 62.1 Å². The van der Waals surface area contributed by atoms with E-state index in [4.69, 9.17) is 0 Å². The summed E-state index contributed by atoms with van der Waals surface area (Å²) in [6.45, 7) is 4.16. The Morgan fingerprint density at radius 2 is 1.65 bits per heavy atom. The Morgan fingerprint density at radius 1 is 1.00 bits per heavy atom. The Hall–Kier alpha value is -3.45. The third-order valence-electron chi connectivity index (χ3n) is 7.94. The van der Waals surface area contributed by atoms with Gasteiger partial charge in [-0.1, -0.05) is 74.6 Å². The summed E-state index contributed by atoms with van der Waals surface area (Å²) < 4.78 is 41.6. The van der Waals surface area contributed by atoms with Crippen LogP contribution in [0, 0.1) is 18.7 Å². The van der Waals surface area contributed by atoms with E-state index in [1.807, 2.05) is 56.3 Å². The van der Waals surface area contributed by atoms with Gasteiger partial charge in [-0.15, -0.1) is 0 Å². The number of anilines is 1. The number of amides is 1. The highest BCUT2D eigenvalue weighted by atomic mass is 32.2. The van der Waals surface area contributed by atoms with Gasteiger partial charge in [0.25, 0.3) is 5.91 Å². The van der Waals surface area contributed by atoms with Gasteiger partial charge in [0, 0.05) is 19.2 Å². The highest BCUT2D eigenvalue weighted by molar-refractivity contribution is 7.92. The van der Waals surface area contributed by atoms with E-state index in [1.165, 1.54) is 42.0 Å². The molecular weight excluding hydrogens is 523 g/mol. The van der Waals surface area contributed by atoms with Gasteiger partial charge in [0.1, 0.15) is 5.82 Å². The predicted octanol–water partition coefficient (Wildman–Crippen LogP) is 7.21. The van der Waals surface area contributed by atoms with Crippen molar-refractivity contribution in [3.8, 4) is 11.1 Å². The molecular formula is C33H39FN2O3S. The normalized spacial score (nSPS) is 14.9. The zero-order valence-corrected chi connectivity index (χ0v) is 24.7. The van der Waals surface area contributed by atoms with Crippen molar-refractivity contribution in [2.45, 2.75) is 52.4 Å². The molecule has 0 radical (unpaired) electrons. The molecule has 5 nitrogen and oxygen atoms in total. The number of rotatable bonds is 9. The number of hydrogen-bond donors (Lipinski definition) is 1. The smallest absolute Gasteiger partial charge is 0.251 e. The zero-order valence-electron chi connectivity index (χ0n) is 23.8. The first-order valence-corrected chi connectivity index (χ1v) is 15.8. The minimum atomic E-state index is -3.58. The van der Waals surface area contributed by atoms with Crippen molar-refractivity contribution >= 4 is 32.8 Å². The summed E-state index contributed by atoms with van der Waals surface area (Å²) in [6, 6.07) is 19.6. The molecule has 212 valence electrons. The van der Waals surface area contributed by atoms with E-state index in [0.717, 1.165) is 41.5 Å². The number of nitrogens with one attached hydrogen (secondary N) is 1. The maximum Gasteiger partial charge on any atom is 0.251 e. The summed E-state index contributed by atoms with van der Waals surface area (Å²) in [4.78, 5) is 13.3. The van der Waals surface area contributed by atoms with Crippen LogP contribution in [0.4, 0.5) is 10.1 Å². The average molecular weight is 563 g/mol. The van der Waals surface area contributed by atoms with Crippen LogP contribution in [0.15, 0.2) is 66.7 Å².